The summed E-state index contributed by atoms with van der Waals surface area (Å²) in [4.78, 5) is 4.27. The number of nitrogens with zero attached hydrogens (tertiary/aromatic N) is 3. The van der Waals surface area contributed by atoms with Crippen LogP contribution in [0.2, 0.25) is 0 Å². The highest BCUT2D eigenvalue weighted by atomic mass is 127. The van der Waals surface area contributed by atoms with Gasteiger partial charge in [0.05, 0.1) is 6.20 Å². The van der Waals surface area contributed by atoms with Crippen molar-refractivity contribution in [3.63, 3.8) is 0 Å². The number of allylic oxidation sites excluding steroid dienone is 1. The Morgan fingerprint density at radius 2 is 2.13 bits per heavy atom. The van der Waals surface area contributed by atoms with Crippen LogP contribution in [-0.2, 0) is 6.54 Å². The maximum atomic E-state index is 4.29. The van der Waals surface area contributed by atoms with Gasteiger partial charge in [0.25, 0.3) is 0 Å². The molecule has 0 saturated carbocycles. The molecule has 0 spiro atoms. The molecule has 0 aliphatic heterocycles. The number of hydrogen-bond acceptors (Lipinski definition) is 2. The first kappa shape index (κ1) is 20.0. The molecule has 2 rings (SSSR count). The number of halogens is 1. The predicted octanol–water partition coefficient (Wildman–Crippen LogP) is 3.26. The van der Waals surface area contributed by atoms with Crippen LogP contribution >= 0.6 is 24.0 Å². The molecule has 0 aromatic carbocycles. The van der Waals surface area contributed by atoms with Crippen LogP contribution in [0.5, 0.6) is 0 Å². The van der Waals surface area contributed by atoms with Crippen molar-refractivity contribution in [1.29, 1.82) is 0 Å². The van der Waals surface area contributed by atoms with E-state index in [9.17, 15) is 0 Å². The molecule has 6 heteroatoms. The summed E-state index contributed by atoms with van der Waals surface area (Å²) in [7, 11) is 1.83. The molecule has 130 valence electrons. The number of aryl methyl sites for hydroxylation is 2. The second kappa shape index (κ2) is 11.5. The summed E-state index contributed by atoms with van der Waals surface area (Å²) in [5.74, 6) is 0.896. The van der Waals surface area contributed by atoms with Crippen molar-refractivity contribution in [2.45, 2.75) is 52.0 Å². The zero-order chi connectivity index (χ0) is 15.6. The van der Waals surface area contributed by atoms with Crippen molar-refractivity contribution in [1.82, 2.24) is 20.4 Å². The van der Waals surface area contributed by atoms with Gasteiger partial charge in [0.2, 0.25) is 0 Å². The molecular weight excluding hydrogens is 401 g/mol. The third-order valence-electron chi connectivity index (χ3n) is 3.97. The van der Waals surface area contributed by atoms with Gasteiger partial charge in [0, 0.05) is 32.9 Å². The third kappa shape index (κ3) is 7.85. The fourth-order valence-corrected chi connectivity index (χ4v) is 2.73. The number of aliphatic imine (C=N–C) groups is 1. The highest BCUT2D eigenvalue weighted by Gasteiger charge is 2.04. The Hall–Kier alpha value is -1.05. The lowest BCUT2D eigenvalue weighted by Gasteiger charge is -2.15. The average molecular weight is 431 g/mol. The normalized spacial score (nSPS) is 14.9. The van der Waals surface area contributed by atoms with Crippen molar-refractivity contribution in [3.8, 4) is 0 Å². The van der Waals surface area contributed by atoms with E-state index >= 15 is 0 Å². The molecule has 1 aliphatic rings. The lowest BCUT2D eigenvalue weighted by Crippen LogP contribution is -2.38. The minimum absolute atomic E-state index is 0. The first-order valence-corrected chi connectivity index (χ1v) is 8.39. The van der Waals surface area contributed by atoms with Crippen LogP contribution in [0.3, 0.4) is 0 Å². The molecule has 2 N–H and O–H groups in total. The van der Waals surface area contributed by atoms with E-state index in [1.165, 1.54) is 31.2 Å². The minimum atomic E-state index is 0. The Morgan fingerprint density at radius 1 is 1.30 bits per heavy atom. The molecule has 1 heterocycles. The number of guanidine groups is 1. The molecule has 0 bridgehead atoms. The van der Waals surface area contributed by atoms with E-state index in [1.807, 2.05) is 17.9 Å². The summed E-state index contributed by atoms with van der Waals surface area (Å²) < 4.78 is 1.99. The maximum Gasteiger partial charge on any atom is 0.190 e. The van der Waals surface area contributed by atoms with Gasteiger partial charge in [-0.1, -0.05) is 11.6 Å². The topological polar surface area (TPSA) is 54.2 Å². The van der Waals surface area contributed by atoms with Gasteiger partial charge in [-0.25, -0.2) is 0 Å². The molecule has 0 fully saturated rings. The summed E-state index contributed by atoms with van der Waals surface area (Å²) in [5.41, 5.74) is 2.81. The van der Waals surface area contributed by atoms with Crippen molar-refractivity contribution in [2.24, 2.45) is 4.99 Å². The van der Waals surface area contributed by atoms with Gasteiger partial charge in [0.15, 0.2) is 5.96 Å². The van der Waals surface area contributed by atoms with Gasteiger partial charge in [-0.05, 0) is 51.0 Å². The van der Waals surface area contributed by atoms with Crippen molar-refractivity contribution >= 4 is 29.9 Å². The first-order chi connectivity index (χ1) is 10.8. The lowest BCUT2D eigenvalue weighted by molar-refractivity contribution is 0.569. The number of nitrogens with one attached hydrogen (secondary N) is 2. The van der Waals surface area contributed by atoms with Gasteiger partial charge in [-0.2, -0.15) is 5.10 Å². The zero-order valence-electron chi connectivity index (χ0n) is 14.3. The smallest absolute Gasteiger partial charge is 0.190 e. The monoisotopic (exact) mass is 431 g/mol. The van der Waals surface area contributed by atoms with Gasteiger partial charge < -0.3 is 10.6 Å². The SMILES string of the molecule is CN=C(NCCCn1cc(C)cn1)NCCC1=CCCCC1.I. The summed E-state index contributed by atoms with van der Waals surface area (Å²) in [5, 5.41) is 11.0. The van der Waals surface area contributed by atoms with Gasteiger partial charge in [-0.3, -0.25) is 9.67 Å². The second-order valence-electron chi connectivity index (χ2n) is 5.92. The Kier molecular flexibility index (Phi) is 9.98. The fraction of sp³-hybridized carbons (Fsp3) is 0.647. The summed E-state index contributed by atoms with van der Waals surface area (Å²) in [6, 6.07) is 0. The average Bonchev–Trinajstić information content (AvgIpc) is 2.96. The Morgan fingerprint density at radius 3 is 2.78 bits per heavy atom. The third-order valence-corrected chi connectivity index (χ3v) is 3.97. The highest BCUT2D eigenvalue weighted by Crippen LogP contribution is 2.19. The van der Waals surface area contributed by atoms with Crippen LogP contribution in [-0.4, -0.2) is 35.9 Å². The number of rotatable bonds is 7. The van der Waals surface area contributed by atoms with E-state index in [0.29, 0.717) is 0 Å². The largest absolute Gasteiger partial charge is 0.356 e. The van der Waals surface area contributed by atoms with E-state index in [0.717, 1.165) is 38.4 Å². The Labute approximate surface area is 157 Å². The summed E-state index contributed by atoms with van der Waals surface area (Å²) >= 11 is 0. The zero-order valence-corrected chi connectivity index (χ0v) is 16.7. The molecule has 23 heavy (non-hydrogen) atoms. The van der Waals surface area contributed by atoms with Gasteiger partial charge in [0.1, 0.15) is 0 Å². The molecule has 5 nitrogen and oxygen atoms in total. The highest BCUT2D eigenvalue weighted by molar-refractivity contribution is 14.0. The second-order valence-corrected chi connectivity index (χ2v) is 5.92. The van der Waals surface area contributed by atoms with E-state index < -0.39 is 0 Å². The van der Waals surface area contributed by atoms with Crippen LogP contribution in [0, 0.1) is 6.92 Å². The van der Waals surface area contributed by atoms with E-state index in [2.05, 4.69) is 39.9 Å². The summed E-state index contributed by atoms with van der Waals surface area (Å²) in [6.07, 6.45) is 13.8. The van der Waals surface area contributed by atoms with Crippen molar-refractivity contribution in [2.75, 3.05) is 20.1 Å². The molecule has 0 radical (unpaired) electrons. The van der Waals surface area contributed by atoms with Crippen LogP contribution in [0.1, 0.15) is 44.1 Å². The first-order valence-electron chi connectivity index (χ1n) is 8.39. The van der Waals surface area contributed by atoms with E-state index in [4.69, 9.17) is 0 Å². The van der Waals surface area contributed by atoms with E-state index in [-0.39, 0.29) is 24.0 Å². The number of hydrogen-bond donors (Lipinski definition) is 2. The minimum Gasteiger partial charge on any atom is -0.356 e. The molecule has 0 unspecified atom stereocenters. The number of aromatic nitrogens is 2. The Bertz CT molecular complexity index is 507. The van der Waals surface area contributed by atoms with Crippen LogP contribution < -0.4 is 10.6 Å². The molecule has 0 saturated heterocycles. The van der Waals surface area contributed by atoms with Gasteiger partial charge >= 0.3 is 0 Å². The van der Waals surface area contributed by atoms with Crippen LogP contribution in [0.15, 0.2) is 29.0 Å². The summed E-state index contributed by atoms with van der Waals surface area (Å²) in [6.45, 7) is 4.87. The molecule has 1 aromatic rings. The van der Waals surface area contributed by atoms with E-state index in [1.54, 1.807) is 5.57 Å². The molecular formula is C17H30IN5. The fourth-order valence-electron chi connectivity index (χ4n) is 2.73. The maximum absolute atomic E-state index is 4.29. The van der Waals surface area contributed by atoms with Crippen LogP contribution in [0.25, 0.3) is 0 Å². The predicted molar refractivity (Wildman–Crippen MR) is 108 cm³/mol. The molecule has 0 atom stereocenters. The standard InChI is InChI=1S/C17H29N5.HI/c1-15-13-21-22(14-15)12-6-10-19-17(18-2)20-11-9-16-7-4-3-5-8-16;/h7,13-14H,3-6,8-12H2,1-2H3,(H2,18,19,20);1H. The van der Waals surface area contributed by atoms with Crippen molar-refractivity contribution in [3.05, 3.63) is 29.6 Å². The van der Waals surface area contributed by atoms with Crippen molar-refractivity contribution < 1.29 is 0 Å². The molecule has 0 amide bonds. The lowest BCUT2D eigenvalue weighted by atomic mass is 9.97. The Balaban J connectivity index is 0.00000264. The van der Waals surface area contributed by atoms with Gasteiger partial charge in [-0.15, -0.1) is 24.0 Å². The molecule has 1 aliphatic carbocycles. The van der Waals surface area contributed by atoms with Crippen LogP contribution in [0.4, 0.5) is 0 Å². The molecule has 1 aromatic heterocycles. The quantitative estimate of drug-likeness (QED) is 0.229.